The van der Waals surface area contributed by atoms with Crippen LogP contribution in [0.3, 0.4) is 0 Å². The van der Waals surface area contributed by atoms with E-state index in [2.05, 4.69) is 30.3 Å². The Bertz CT molecular complexity index is 564. The highest BCUT2D eigenvalue weighted by atomic mass is 16.6. The van der Waals surface area contributed by atoms with Crippen LogP contribution in [0.5, 0.6) is 0 Å². The third kappa shape index (κ3) is 5.79. The van der Waals surface area contributed by atoms with Gasteiger partial charge in [-0.1, -0.05) is 44.2 Å². The second kappa shape index (κ2) is 9.20. The van der Waals surface area contributed by atoms with Crippen molar-refractivity contribution in [1.82, 2.24) is 0 Å². The van der Waals surface area contributed by atoms with Gasteiger partial charge < -0.3 is 14.2 Å². The van der Waals surface area contributed by atoms with Gasteiger partial charge in [0.1, 0.15) is 12.2 Å². The van der Waals surface area contributed by atoms with Gasteiger partial charge in [0.15, 0.2) is 0 Å². The zero-order chi connectivity index (χ0) is 20.0. The topological polar surface area (TPSA) is 44.8 Å². The van der Waals surface area contributed by atoms with Crippen molar-refractivity contribution in [3.05, 3.63) is 35.9 Å². The lowest BCUT2D eigenvalue weighted by Gasteiger charge is -2.53. The highest BCUT2D eigenvalue weighted by Crippen LogP contribution is 2.51. The SMILES string of the molecule is CC.CC(C)(C)OC(=O)COCCC12CCC(c3ccccc3)(CC1)CO2. The second-order valence-corrected chi connectivity index (χ2v) is 8.51. The molecule has 0 spiro atoms. The van der Waals surface area contributed by atoms with Crippen molar-refractivity contribution in [3.63, 3.8) is 0 Å². The molecule has 1 aliphatic carbocycles. The average Bonchev–Trinajstić information content (AvgIpc) is 2.68. The summed E-state index contributed by atoms with van der Waals surface area (Å²) in [4.78, 5) is 11.7. The first-order valence-electron chi connectivity index (χ1n) is 10.3. The summed E-state index contributed by atoms with van der Waals surface area (Å²) in [6.07, 6.45) is 5.32. The van der Waals surface area contributed by atoms with Crippen molar-refractivity contribution in [3.8, 4) is 0 Å². The van der Waals surface area contributed by atoms with E-state index in [9.17, 15) is 4.79 Å². The van der Waals surface area contributed by atoms with Crippen LogP contribution in [0.15, 0.2) is 30.3 Å². The molecule has 4 heteroatoms. The summed E-state index contributed by atoms with van der Waals surface area (Å²) >= 11 is 0. The minimum atomic E-state index is -0.463. The Labute approximate surface area is 164 Å². The quantitative estimate of drug-likeness (QED) is 0.515. The van der Waals surface area contributed by atoms with E-state index in [0.29, 0.717) is 6.61 Å². The molecule has 0 unspecified atom stereocenters. The van der Waals surface area contributed by atoms with Crippen LogP contribution in [0.2, 0.25) is 0 Å². The molecule has 4 nitrogen and oxygen atoms in total. The number of hydrogen-bond acceptors (Lipinski definition) is 4. The Kier molecular flexibility index (Phi) is 7.47. The maximum atomic E-state index is 11.7. The largest absolute Gasteiger partial charge is 0.458 e. The van der Waals surface area contributed by atoms with E-state index in [4.69, 9.17) is 14.2 Å². The molecule has 2 heterocycles. The van der Waals surface area contributed by atoms with Crippen LogP contribution in [-0.2, 0) is 24.4 Å². The normalized spacial score (nSPS) is 26.9. The fourth-order valence-electron chi connectivity index (χ4n) is 4.03. The third-order valence-electron chi connectivity index (χ3n) is 5.50. The first-order chi connectivity index (χ1) is 12.8. The lowest BCUT2D eigenvalue weighted by molar-refractivity contribution is -0.172. The minimum absolute atomic E-state index is 0.0152. The van der Waals surface area contributed by atoms with Crippen LogP contribution in [0.25, 0.3) is 0 Å². The predicted octanol–water partition coefficient (Wildman–Crippen LogP) is 5.04. The van der Waals surface area contributed by atoms with Gasteiger partial charge in [0.2, 0.25) is 0 Å². The van der Waals surface area contributed by atoms with Crippen LogP contribution in [-0.4, -0.2) is 37.0 Å². The summed E-state index contributed by atoms with van der Waals surface area (Å²) < 4.78 is 17.1. The molecule has 0 radical (unpaired) electrons. The summed E-state index contributed by atoms with van der Waals surface area (Å²) in [5.74, 6) is -0.304. The van der Waals surface area contributed by atoms with Gasteiger partial charge in [0.25, 0.3) is 0 Å². The van der Waals surface area contributed by atoms with Gasteiger partial charge in [0.05, 0.1) is 18.8 Å². The molecule has 0 amide bonds. The fraction of sp³-hybridized carbons (Fsp3) is 0.696. The number of esters is 1. The first kappa shape index (κ1) is 21.9. The maximum Gasteiger partial charge on any atom is 0.332 e. The van der Waals surface area contributed by atoms with Crippen LogP contribution in [0.4, 0.5) is 0 Å². The summed E-state index contributed by atoms with van der Waals surface area (Å²) in [6.45, 7) is 10.9. The highest BCUT2D eigenvalue weighted by molar-refractivity contribution is 5.71. The van der Waals surface area contributed by atoms with Crippen molar-refractivity contribution in [2.24, 2.45) is 0 Å². The molecule has 27 heavy (non-hydrogen) atoms. The van der Waals surface area contributed by atoms with Gasteiger partial charge in [0, 0.05) is 5.41 Å². The lowest BCUT2D eigenvalue weighted by atomic mass is 9.62. The molecule has 4 rings (SSSR count). The van der Waals surface area contributed by atoms with E-state index in [1.165, 1.54) is 18.4 Å². The fourth-order valence-corrected chi connectivity index (χ4v) is 4.03. The lowest BCUT2D eigenvalue weighted by Crippen LogP contribution is -2.53. The van der Waals surface area contributed by atoms with Gasteiger partial charge in [-0.05, 0) is 58.4 Å². The summed E-state index contributed by atoms with van der Waals surface area (Å²) in [5, 5.41) is 0. The van der Waals surface area contributed by atoms with Crippen LogP contribution in [0.1, 0.15) is 72.3 Å². The van der Waals surface area contributed by atoms with Crippen molar-refractivity contribution in [1.29, 1.82) is 0 Å². The molecule has 0 atom stereocenters. The molecule has 0 N–H and O–H groups in total. The number of fused-ring (bicyclic) bond motifs is 3. The van der Waals surface area contributed by atoms with E-state index in [1.807, 2.05) is 34.6 Å². The molecule has 2 saturated heterocycles. The summed E-state index contributed by atoms with van der Waals surface area (Å²) in [6, 6.07) is 10.8. The van der Waals surface area contributed by atoms with Gasteiger partial charge in [-0.3, -0.25) is 0 Å². The summed E-state index contributed by atoms with van der Waals surface area (Å²) in [5.41, 5.74) is 1.07. The van der Waals surface area contributed by atoms with E-state index in [-0.39, 0.29) is 23.6 Å². The zero-order valence-corrected chi connectivity index (χ0v) is 17.7. The second-order valence-electron chi connectivity index (χ2n) is 8.51. The predicted molar refractivity (Wildman–Crippen MR) is 108 cm³/mol. The Morgan fingerprint density at radius 2 is 1.70 bits per heavy atom. The van der Waals surface area contributed by atoms with Crippen LogP contribution >= 0.6 is 0 Å². The minimum Gasteiger partial charge on any atom is -0.458 e. The number of carbonyl (C=O) groups is 1. The molecule has 3 fully saturated rings. The highest BCUT2D eigenvalue weighted by Gasteiger charge is 2.50. The van der Waals surface area contributed by atoms with Gasteiger partial charge >= 0.3 is 5.97 Å². The maximum absolute atomic E-state index is 11.7. The van der Waals surface area contributed by atoms with E-state index in [0.717, 1.165) is 25.9 Å². The molecule has 1 aromatic rings. The van der Waals surface area contributed by atoms with Gasteiger partial charge in [-0.2, -0.15) is 0 Å². The van der Waals surface area contributed by atoms with E-state index < -0.39 is 5.60 Å². The third-order valence-corrected chi connectivity index (χ3v) is 5.50. The molecule has 3 aliphatic rings. The molecule has 2 bridgehead atoms. The first-order valence-corrected chi connectivity index (χ1v) is 10.3. The summed E-state index contributed by atoms with van der Waals surface area (Å²) in [7, 11) is 0. The molecular formula is C23H36O4. The number of hydrogen-bond donors (Lipinski definition) is 0. The average molecular weight is 377 g/mol. The Hall–Kier alpha value is -1.39. The molecule has 0 aromatic heterocycles. The van der Waals surface area contributed by atoms with Gasteiger partial charge in [-0.15, -0.1) is 0 Å². The Morgan fingerprint density at radius 3 is 2.22 bits per heavy atom. The molecule has 2 aliphatic heterocycles. The Morgan fingerprint density at radius 1 is 1.07 bits per heavy atom. The molecular weight excluding hydrogens is 340 g/mol. The smallest absolute Gasteiger partial charge is 0.332 e. The van der Waals surface area contributed by atoms with Crippen LogP contribution < -0.4 is 0 Å². The standard InChI is InChI=1S/C21H30O4.C2H6/c1-19(2,3)25-18(22)15-23-14-13-21-11-9-20(10-12-21,16-24-21)17-7-5-4-6-8-17;1-2/h4-8H,9-16H2,1-3H3;1-2H3. The molecule has 1 aromatic carbocycles. The van der Waals surface area contributed by atoms with Crippen molar-refractivity contribution < 1.29 is 19.0 Å². The van der Waals surface area contributed by atoms with Crippen molar-refractivity contribution in [2.45, 2.75) is 83.3 Å². The molecule has 152 valence electrons. The number of benzene rings is 1. The number of rotatable bonds is 6. The van der Waals surface area contributed by atoms with Crippen LogP contribution in [0, 0.1) is 0 Å². The number of ether oxygens (including phenoxy) is 3. The monoisotopic (exact) mass is 376 g/mol. The van der Waals surface area contributed by atoms with Gasteiger partial charge in [-0.25, -0.2) is 4.79 Å². The Balaban J connectivity index is 0.00000126. The van der Waals surface area contributed by atoms with Crippen molar-refractivity contribution in [2.75, 3.05) is 19.8 Å². The van der Waals surface area contributed by atoms with E-state index in [1.54, 1.807) is 0 Å². The van der Waals surface area contributed by atoms with E-state index >= 15 is 0 Å². The zero-order valence-electron chi connectivity index (χ0n) is 17.7. The number of carbonyl (C=O) groups excluding carboxylic acids is 1. The molecule has 1 saturated carbocycles. The van der Waals surface area contributed by atoms with Crippen molar-refractivity contribution >= 4 is 5.97 Å².